The maximum Gasteiger partial charge on any atom is 0.311 e. The van der Waals surface area contributed by atoms with Gasteiger partial charge < -0.3 is 15.2 Å². The van der Waals surface area contributed by atoms with Gasteiger partial charge in [0, 0.05) is 37.1 Å². The molecule has 0 saturated carbocycles. The minimum atomic E-state index is -0.554. The number of carbonyl (C=O) groups excluding carboxylic acids is 2. The van der Waals surface area contributed by atoms with E-state index in [1.165, 1.54) is 48.5 Å². The van der Waals surface area contributed by atoms with Crippen LogP contribution in [0.25, 0.3) is 0 Å². The van der Waals surface area contributed by atoms with Gasteiger partial charge in [0.15, 0.2) is 0 Å². The highest BCUT2D eigenvalue weighted by molar-refractivity contribution is 5.73. The highest BCUT2D eigenvalue weighted by Crippen LogP contribution is 2.19. The van der Waals surface area contributed by atoms with Crippen molar-refractivity contribution in [1.29, 1.82) is 0 Å². The Morgan fingerprint density at radius 1 is 0.758 bits per heavy atom. The van der Waals surface area contributed by atoms with E-state index in [0.717, 1.165) is 6.54 Å². The first-order valence-corrected chi connectivity index (χ1v) is 10.4. The third-order valence-electron chi connectivity index (χ3n) is 3.57. The van der Waals surface area contributed by atoms with Gasteiger partial charge in [-0.2, -0.15) is 0 Å². The van der Waals surface area contributed by atoms with Crippen molar-refractivity contribution in [3.63, 3.8) is 0 Å². The Morgan fingerprint density at radius 3 is 1.27 bits per heavy atom. The average Bonchev–Trinajstić information content (AvgIpc) is 2.79. The lowest BCUT2D eigenvalue weighted by Gasteiger charge is -2.05. The summed E-state index contributed by atoms with van der Waals surface area (Å²) < 4.78 is 10.1. The van der Waals surface area contributed by atoms with Gasteiger partial charge >= 0.3 is 11.9 Å². The predicted octanol–water partition coefficient (Wildman–Crippen LogP) is 4.57. The van der Waals surface area contributed by atoms with Gasteiger partial charge in [-0.3, -0.25) is 29.8 Å². The van der Waals surface area contributed by atoms with Crippen LogP contribution in [-0.2, 0) is 9.59 Å². The first kappa shape index (κ1) is 29.1. The molecule has 0 aliphatic carbocycles. The lowest BCUT2D eigenvalue weighted by molar-refractivity contribution is -0.385. The van der Waals surface area contributed by atoms with Crippen molar-refractivity contribution in [2.45, 2.75) is 46.5 Å². The molecule has 0 amide bonds. The first-order valence-electron chi connectivity index (χ1n) is 10.4. The number of nitro groups is 2. The molecule has 0 fully saturated rings. The Kier molecular flexibility index (Phi) is 14.8. The summed E-state index contributed by atoms with van der Waals surface area (Å²) in [7, 11) is 0. The van der Waals surface area contributed by atoms with E-state index >= 15 is 0 Å². The van der Waals surface area contributed by atoms with Crippen LogP contribution in [-0.4, -0.2) is 28.3 Å². The monoisotopic (exact) mass is 463 g/mol. The zero-order chi connectivity index (χ0) is 25.2. The fourth-order valence-corrected chi connectivity index (χ4v) is 2.18. The predicted molar refractivity (Wildman–Crippen MR) is 122 cm³/mol. The third-order valence-corrected chi connectivity index (χ3v) is 3.57. The standard InChI is InChI=1S/C18H16N2O8.C2H7N.C2H6/c21-17(27-15-9-5-13(6-10-15)19(23)24)3-1-2-4-18(22)28-16-11-7-14(8-12-16)20(25)26;1-2-3;1-2/h5-12H,1-4H2;2-3H2,1H3;1-2H3. The van der Waals surface area contributed by atoms with Crippen LogP contribution in [0.2, 0.25) is 0 Å². The Bertz CT molecular complexity index is 810. The molecule has 11 nitrogen and oxygen atoms in total. The maximum atomic E-state index is 11.7. The molecule has 0 saturated heterocycles. The van der Waals surface area contributed by atoms with Gasteiger partial charge in [-0.1, -0.05) is 20.8 Å². The minimum Gasteiger partial charge on any atom is -0.427 e. The van der Waals surface area contributed by atoms with Gasteiger partial charge in [0.2, 0.25) is 0 Å². The molecule has 0 unspecified atom stereocenters. The van der Waals surface area contributed by atoms with Crippen molar-refractivity contribution in [3.8, 4) is 11.5 Å². The van der Waals surface area contributed by atoms with Crippen LogP contribution in [0.15, 0.2) is 48.5 Å². The van der Waals surface area contributed by atoms with Crippen LogP contribution in [0, 0.1) is 20.2 Å². The zero-order valence-electron chi connectivity index (χ0n) is 18.9. The second kappa shape index (κ2) is 16.8. The second-order valence-corrected chi connectivity index (χ2v) is 6.07. The molecule has 0 atom stereocenters. The lowest BCUT2D eigenvalue weighted by atomic mass is 10.2. The van der Waals surface area contributed by atoms with Gasteiger partial charge in [-0.05, 0) is 43.7 Å². The van der Waals surface area contributed by atoms with Crippen LogP contribution >= 0.6 is 0 Å². The molecule has 11 heteroatoms. The van der Waals surface area contributed by atoms with Gasteiger partial charge in [-0.25, -0.2) is 0 Å². The molecule has 0 aliphatic rings. The van der Waals surface area contributed by atoms with E-state index in [0.29, 0.717) is 12.8 Å². The number of hydrogen-bond acceptors (Lipinski definition) is 9. The Labute approximate surface area is 191 Å². The molecule has 33 heavy (non-hydrogen) atoms. The number of esters is 2. The molecule has 2 aromatic rings. The Balaban J connectivity index is 0.00000189. The smallest absolute Gasteiger partial charge is 0.311 e. The molecular formula is C22H29N3O8. The van der Waals surface area contributed by atoms with Crippen LogP contribution in [0.1, 0.15) is 46.5 Å². The molecule has 2 aromatic carbocycles. The summed E-state index contributed by atoms with van der Waals surface area (Å²) >= 11 is 0. The summed E-state index contributed by atoms with van der Waals surface area (Å²) in [6.07, 6.45) is 0.923. The van der Waals surface area contributed by atoms with Crippen LogP contribution < -0.4 is 15.2 Å². The number of nitro benzene ring substituents is 2. The van der Waals surface area contributed by atoms with E-state index in [1.54, 1.807) is 0 Å². The highest BCUT2D eigenvalue weighted by atomic mass is 16.6. The topological polar surface area (TPSA) is 165 Å². The fourth-order valence-electron chi connectivity index (χ4n) is 2.18. The summed E-state index contributed by atoms with van der Waals surface area (Å²) in [6, 6.07) is 10.3. The minimum absolute atomic E-state index is 0.0712. The highest BCUT2D eigenvalue weighted by Gasteiger charge is 2.11. The van der Waals surface area contributed by atoms with Crippen molar-refractivity contribution in [2.24, 2.45) is 5.73 Å². The summed E-state index contributed by atoms with van der Waals surface area (Å²) in [6.45, 7) is 6.65. The lowest BCUT2D eigenvalue weighted by Crippen LogP contribution is -2.10. The van der Waals surface area contributed by atoms with Gasteiger partial charge in [-0.15, -0.1) is 0 Å². The number of hydrogen-bond donors (Lipinski definition) is 1. The molecule has 0 heterocycles. The molecular weight excluding hydrogens is 434 g/mol. The normalized spacial score (nSPS) is 9.33. The number of non-ortho nitro benzene ring substituents is 2. The largest absolute Gasteiger partial charge is 0.427 e. The molecule has 180 valence electrons. The van der Waals surface area contributed by atoms with Gasteiger partial charge in [0.05, 0.1) is 9.85 Å². The summed E-state index contributed by atoms with van der Waals surface area (Å²) in [5, 5.41) is 21.1. The first-order chi connectivity index (χ1) is 15.8. The van der Waals surface area contributed by atoms with E-state index in [9.17, 15) is 29.8 Å². The summed E-state index contributed by atoms with van der Waals surface area (Å²) in [4.78, 5) is 43.5. The number of benzene rings is 2. The van der Waals surface area contributed by atoms with Crippen molar-refractivity contribution in [1.82, 2.24) is 0 Å². The number of carbonyl (C=O) groups is 2. The Morgan fingerprint density at radius 2 is 1.03 bits per heavy atom. The van der Waals surface area contributed by atoms with Crippen LogP contribution in [0.5, 0.6) is 11.5 Å². The molecule has 0 bridgehead atoms. The fraction of sp³-hybridized carbons (Fsp3) is 0.364. The maximum absolute atomic E-state index is 11.7. The molecule has 0 aliphatic heterocycles. The van der Waals surface area contributed by atoms with E-state index in [4.69, 9.17) is 15.2 Å². The van der Waals surface area contributed by atoms with Crippen molar-refractivity contribution in [3.05, 3.63) is 68.8 Å². The number of rotatable bonds is 9. The molecule has 2 N–H and O–H groups in total. The van der Waals surface area contributed by atoms with Crippen LogP contribution in [0.4, 0.5) is 11.4 Å². The number of unbranched alkanes of at least 4 members (excludes halogenated alkanes) is 1. The third kappa shape index (κ3) is 12.6. The quantitative estimate of drug-likeness (QED) is 0.184. The SMILES string of the molecule is CC.CCN.O=C(CCCCC(=O)Oc1ccc([N+](=O)[O-])cc1)Oc1ccc([N+](=O)[O-])cc1. The van der Waals surface area contributed by atoms with Crippen LogP contribution in [0.3, 0.4) is 0 Å². The second-order valence-electron chi connectivity index (χ2n) is 6.07. The number of nitrogens with two attached hydrogens (primary N) is 1. The molecule has 0 spiro atoms. The molecule has 2 rings (SSSR count). The average molecular weight is 463 g/mol. The van der Waals surface area contributed by atoms with E-state index < -0.39 is 21.8 Å². The van der Waals surface area contributed by atoms with Crippen molar-refractivity contribution < 1.29 is 28.9 Å². The zero-order valence-corrected chi connectivity index (χ0v) is 18.9. The summed E-state index contributed by atoms with van der Waals surface area (Å²) in [5.41, 5.74) is 4.64. The van der Waals surface area contributed by atoms with Gasteiger partial charge in [0.1, 0.15) is 11.5 Å². The molecule has 0 aromatic heterocycles. The van der Waals surface area contributed by atoms with Crippen molar-refractivity contribution >= 4 is 23.3 Å². The van der Waals surface area contributed by atoms with Crippen molar-refractivity contribution in [2.75, 3.05) is 6.54 Å². The van der Waals surface area contributed by atoms with Gasteiger partial charge in [0.25, 0.3) is 11.4 Å². The number of ether oxygens (including phenoxy) is 2. The van der Waals surface area contributed by atoms with E-state index in [1.807, 2.05) is 20.8 Å². The molecule has 0 radical (unpaired) electrons. The van der Waals surface area contributed by atoms with E-state index in [-0.39, 0.29) is 35.7 Å². The summed E-state index contributed by atoms with van der Waals surface area (Å²) in [5.74, 6) is -0.628. The van der Waals surface area contributed by atoms with E-state index in [2.05, 4.69) is 0 Å². The number of nitrogens with zero attached hydrogens (tertiary/aromatic N) is 2. The Hall–Kier alpha value is -3.86.